The molecule has 0 heterocycles. The Morgan fingerprint density at radius 3 is 2.64 bits per heavy atom. The first-order valence-electron chi connectivity index (χ1n) is 6.52. The molecular weight excluding hydrogens is 328 g/mol. The summed E-state index contributed by atoms with van der Waals surface area (Å²) in [6.45, 7) is 0.172. The van der Waals surface area contributed by atoms with Gasteiger partial charge in [0, 0.05) is 19.7 Å². The van der Waals surface area contributed by atoms with E-state index in [1.165, 1.54) is 17.0 Å². The van der Waals surface area contributed by atoms with Crippen molar-refractivity contribution in [1.82, 2.24) is 4.90 Å². The molecule has 0 saturated heterocycles. The monoisotopic (exact) mass is 341 g/mol. The number of halogens is 3. The van der Waals surface area contributed by atoms with Gasteiger partial charge < -0.3 is 9.64 Å². The molecule has 0 aromatic heterocycles. The summed E-state index contributed by atoms with van der Waals surface area (Å²) in [5.74, 6) is -0.0948. The molecule has 22 heavy (non-hydrogen) atoms. The molecular formula is C16H14Cl2FNO2. The van der Waals surface area contributed by atoms with Crippen LogP contribution in [-0.4, -0.2) is 24.5 Å². The number of carbonyl (C=O) groups excluding carboxylic acids is 1. The lowest BCUT2D eigenvalue weighted by Crippen LogP contribution is -2.30. The average molecular weight is 342 g/mol. The Labute approximate surface area is 138 Å². The van der Waals surface area contributed by atoms with Crippen molar-refractivity contribution in [3.05, 3.63) is 63.9 Å². The zero-order chi connectivity index (χ0) is 16.1. The zero-order valence-electron chi connectivity index (χ0n) is 11.9. The third kappa shape index (κ3) is 4.61. The van der Waals surface area contributed by atoms with Crippen LogP contribution in [-0.2, 0) is 11.3 Å². The number of rotatable bonds is 5. The summed E-state index contributed by atoms with van der Waals surface area (Å²) in [4.78, 5) is 13.5. The van der Waals surface area contributed by atoms with Crippen LogP contribution in [0.5, 0.6) is 5.75 Å². The first kappa shape index (κ1) is 16.6. The Bertz CT molecular complexity index is 679. The van der Waals surface area contributed by atoms with Gasteiger partial charge in [-0.05, 0) is 29.8 Å². The van der Waals surface area contributed by atoms with Gasteiger partial charge in [0.05, 0.1) is 10.0 Å². The van der Waals surface area contributed by atoms with Crippen LogP contribution in [0.3, 0.4) is 0 Å². The highest BCUT2D eigenvalue weighted by atomic mass is 35.5. The summed E-state index contributed by atoms with van der Waals surface area (Å²) in [6, 6.07) is 10.9. The molecule has 0 atom stereocenters. The number of benzene rings is 2. The van der Waals surface area contributed by atoms with Crippen molar-refractivity contribution in [2.45, 2.75) is 6.54 Å². The lowest BCUT2D eigenvalue weighted by Gasteiger charge is -2.17. The molecule has 116 valence electrons. The van der Waals surface area contributed by atoms with Crippen LogP contribution in [0.25, 0.3) is 0 Å². The fourth-order valence-corrected chi connectivity index (χ4v) is 2.11. The lowest BCUT2D eigenvalue weighted by atomic mass is 10.2. The van der Waals surface area contributed by atoms with Crippen LogP contribution in [0.15, 0.2) is 42.5 Å². The molecule has 0 N–H and O–H groups in total. The van der Waals surface area contributed by atoms with Crippen molar-refractivity contribution in [1.29, 1.82) is 0 Å². The van der Waals surface area contributed by atoms with Crippen LogP contribution in [0, 0.1) is 5.82 Å². The van der Waals surface area contributed by atoms with Gasteiger partial charge in [0.1, 0.15) is 11.6 Å². The van der Waals surface area contributed by atoms with Crippen molar-refractivity contribution in [3.8, 4) is 5.75 Å². The molecule has 2 rings (SSSR count). The maximum absolute atomic E-state index is 13.1. The van der Waals surface area contributed by atoms with Crippen molar-refractivity contribution in [3.63, 3.8) is 0 Å². The number of ether oxygens (including phenoxy) is 1. The number of carbonyl (C=O) groups is 1. The highest BCUT2D eigenvalue weighted by Gasteiger charge is 2.11. The minimum absolute atomic E-state index is 0.135. The van der Waals surface area contributed by atoms with E-state index in [-0.39, 0.29) is 18.3 Å². The van der Waals surface area contributed by atoms with Gasteiger partial charge in [0.2, 0.25) is 0 Å². The molecule has 0 aliphatic heterocycles. The van der Waals surface area contributed by atoms with E-state index in [1.54, 1.807) is 37.4 Å². The third-order valence-electron chi connectivity index (χ3n) is 2.99. The second-order valence-electron chi connectivity index (χ2n) is 4.74. The van der Waals surface area contributed by atoms with Gasteiger partial charge in [0.15, 0.2) is 6.61 Å². The van der Waals surface area contributed by atoms with Gasteiger partial charge in [-0.25, -0.2) is 4.39 Å². The Morgan fingerprint density at radius 1 is 1.18 bits per heavy atom. The van der Waals surface area contributed by atoms with Crippen LogP contribution < -0.4 is 4.74 Å². The summed E-state index contributed by atoms with van der Waals surface area (Å²) < 4.78 is 18.5. The second-order valence-corrected chi connectivity index (χ2v) is 5.56. The topological polar surface area (TPSA) is 29.5 Å². The molecule has 0 spiro atoms. The summed E-state index contributed by atoms with van der Waals surface area (Å²) in [7, 11) is 1.63. The van der Waals surface area contributed by atoms with Gasteiger partial charge in [-0.15, -0.1) is 0 Å². The smallest absolute Gasteiger partial charge is 0.260 e. The number of likely N-dealkylation sites (N-methyl/N-ethyl adjacent to an activating group) is 1. The molecule has 0 radical (unpaired) electrons. The number of hydrogen-bond donors (Lipinski definition) is 0. The predicted octanol–water partition coefficient (Wildman–Crippen LogP) is 4.17. The van der Waals surface area contributed by atoms with E-state index in [0.717, 1.165) is 0 Å². The Kier molecular flexibility index (Phi) is 5.63. The highest BCUT2D eigenvalue weighted by Crippen LogP contribution is 2.26. The fourth-order valence-electron chi connectivity index (χ4n) is 1.82. The van der Waals surface area contributed by atoms with Gasteiger partial charge in [-0.2, -0.15) is 0 Å². The van der Waals surface area contributed by atoms with Crippen molar-refractivity contribution in [2.75, 3.05) is 13.7 Å². The molecule has 1 amide bonds. The van der Waals surface area contributed by atoms with E-state index in [4.69, 9.17) is 27.9 Å². The van der Waals surface area contributed by atoms with Gasteiger partial charge in [-0.1, -0.05) is 35.3 Å². The standard InChI is InChI=1S/C16H14Cl2FNO2/c1-20(9-11-3-2-4-12(19)7-11)16(21)10-22-13-5-6-14(17)15(18)8-13/h2-8H,9-10H2,1H3. The highest BCUT2D eigenvalue weighted by molar-refractivity contribution is 6.42. The van der Waals surface area contributed by atoms with Crippen molar-refractivity contribution in [2.24, 2.45) is 0 Å². The first-order valence-corrected chi connectivity index (χ1v) is 7.27. The predicted molar refractivity (Wildman–Crippen MR) is 84.8 cm³/mol. The SMILES string of the molecule is CN(Cc1cccc(F)c1)C(=O)COc1ccc(Cl)c(Cl)c1. The molecule has 0 aliphatic carbocycles. The Hall–Kier alpha value is -1.78. The largest absolute Gasteiger partial charge is 0.484 e. The molecule has 0 fully saturated rings. The quantitative estimate of drug-likeness (QED) is 0.816. The number of amides is 1. The van der Waals surface area contributed by atoms with Crippen LogP contribution >= 0.6 is 23.2 Å². The minimum Gasteiger partial charge on any atom is -0.484 e. The third-order valence-corrected chi connectivity index (χ3v) is 3.73. The summed E-state index contributed by atoms with van der Waals surface area (Å²) in [5, 5.41) is 0.781. The van der Waals surface area contributed by atoms with Crippen LogP contribution in [0.1, 0.15) is 5.56 Å². The average Bonchev–Trinajstić information content (AvgIpc) is 2.48. The van der Waals surface area contributed by atoms with E-state index >= 15 is 0 Å². The molecule has 0 bridgehead atoms. The van der Waals surface area contributed by atoms with Crippen LogP contribution in [0.4, 0.5) is 4.39 Å². The summed E-state index contributed by atoms with van der Waals surface area (Å²) in [5.41, 5.74) is 0.713. The molecule has 3 nitrogen and oxygen atoms in total. The van der Waals surface area contributed by atoms with Gasteiger partial charge in [-0.3, -0.25) is 4.79 Å². The molecule has 2 aromatic rings. The zero-order valence-corrected chi connectivity index (χ0v) is 13.4. The Balaban J connectivity index is 1.89. The normalized spacial score (nSPS) is 10.4. The lowest BCUT2D eigenvalue weighted by molar-refractivity contribution is -0.132. The van der Waals surface area contributed by atoms with E-state index < -0.39 is 0 Å². The molecule has 0 unspecified atom stereocenters. The minimum atomic E-state index is -0.328. The molecule has 0 aliphatic rings. The maximum Gasteiger partial charge on any atom is 0.260 e. The maximum atomic E-state index is 13.1. The van der Waals surface area contributed by atoms with E-state index in [2.05, 4.69) is 0 Å². The fraction of sp³-hybridized carbons (Fsp3) is 0.188. The van der Waals surface area contributed by atoms with E-state index in [0.29, 0.717) is 27.9 Å². The van der Waals surface area contributed by atoms with Crippen molar-refractivity contribution < 1.29 is 13.9 Å². The van der Waals surface area contributed by atoms with Gasteiger partial charge in [0.25, 0.3) is 5.91 Å². The number of nitrogens with zero attached hydrogens (tertiary/aromatic N) is 1. The summed E-state index contributed by atoms with van der Waals surface area (Å²) in [6.07, 6.45) is 0. The molecule has 0 saturated carbocycles. The molecule has 6 heteroatoms. The Morgan fingerprint density at radius 2 is 1.95 bits per heavy atom. The van der Waals surface area contributed by atoms with E-state index in [1.807, 2.05) is 0 Å². The van der Waals surface area contributed by atoms with Crippen molar-refractivity contribution >= 4 is 29.1 Å². The summed E-state index contributed by atoms with van der Waals surface area (Å²) >= 11 is 11.7. The second kappa shape index (κ2) is 7.47. The van der Waals surface area contributed by atoms with E-state index in [9.17, 15) is 9.18 Å². The van der Waals surface area contributed by atoms with Crippen LogP contribution in [0.2, 0.25) is 10.0 Å². The van der Waals surface area contributed by atoms with Gasteiger partial charge >= 0.3 is 0 Å². The number of hydrogen-bond acceptors (Lipinski definition) is 2. The molecule has 2 aromatic carbocycles. The first-order chi connectivity index (χ1) is 10.5.